The molecule has 0 unspecified atom stereocenters. The van der Waals surface area contributed by atoms with Crippen molar-refractivity contribution in [1.29, 1.82) is 0 Å². The van der Waals surface area contributed by atoms with Gasteiger partial charge in [-0.1, -0.05) is 0 Å². The molecular weight excluding hydrogens is 131 g/mol. The SMILES string of the molecule is [B]C(=O)c1c[nH]c(=O)cn1. The van der Waals surface area contributed by atoms with E-state index in [0.29, 0.717) is 0 Å². The molecule has 0 bridgehead atoms. The fourth-order valence-electron chi connectivity index (χ4n) is 0.477. The standard InChI is InChI=1S/C5H3BN2O2/c6-5(10)3-1-8-4(9)2-7-3/h1-2H,(H,8,9). The topological polar surface area (TPSA) is 62.8 Å². The Hall–Kier alpha value is -1.39. The van der Waals surface area contributed by atoms with Crippen molar-refractivity contribution >= 4 is 13.5 Å². The van der Waals surface area contributed by atoms with Crippen molar-refractivity contribution in [2.45, 2.75) is 0 Å². The van der Waals surface area contributed by atoms with Crippen molar-refractivity contribution in [1.82, 2.24) is 9.97 Å². The normalized spacial score (nSPS) is 9.20. The van der Waals surface area contributed by atoms with Crippen LogP contribution in [0.2, 0.25) is 0 Å². The Bertz CT molecular complexity index is 286. The van der Waals surface area contributed by atoms with Gasteiger partial charge in [0.25, 0.3) is 5.56 Å². The first-order chi connectivity index (χ1) is 4.70. The van der Waals surface area contributed by atoms with E-state index in [1.54, 1.807) is 0 Å². The summed E-state index contributed by atoms with van der Waals surface area (Å²) in [7, 11) is 4.84. The van der Waals surface area contributed by atoms with Gasteiger partial charge in [0.2, 0.25) is 0 Å². The molecule has 10 heavy (non-hydrogen) atoms. The van der Waals surface area contributed by atoms with Gasteiger partial charge in [0.05, 0.1) is 6.20 Å². The molecule has 1 aromatic rings. The molecule has 1 N–H and O–H groups in total. The number of aromatic nitrogens is 2. The summed E-state index contributed by atoms with van der Waals surface area (Å²) in [6.07, 6.45) is 2.17. The quantitative estimate of drug-likeness (QED) is 0.505. The van der Waals surface area contributed by atoms with Gasteiger partial charge in [-0.2, -0.15) is 0 Å². The van der Waals surface area contributed by atoms with Gasteiger partial charge in [0, 0.05) is 6.20 Å². The molecule has 0 atom stereocenters. The van der Waals surface area contributed by atoms with E-state index < -0.39 is 5.68 Å². The molecule has 0 saturated carbocycles. The largest absolute Gasteiger partial charge is 0.326 e. The second kappa shape index (κ2) is 2.47. The highest BCUT2D eigenvalue weighted by Crippen LogP contribution is 1.83. The van der Waals surface area contributed by atoms with Crippen molar-refractivity contribution in [2.24, 2.45) is 0 Å². The summed E-state index contributed by atoms with van der Waals surface area (Å²) in [4.78, 5) is 26.4. The second-order valence-corrected chi connectivity index (χ2v) is 1.66. The highest BCUT2D eigenvalue weighted by atomic mass is 16.1. The average Bonchev–Trinajstić information content (AvgIpc) is 1.88. The molecule has 0 aliphatic carbocycles. The van der Waals surface area contributed by atoms with E-state index in [0.717, 1.165) is 6.20 Å². The van der Waals surface area contributed by atoms with Crippen molar-refractivity contribution in [3.05, 3.63) is 28.4 Å². The molecule has 4 nitrogen and oxygen atoms in total. The minimum absolute atomic E-state index is 0.0552. The first-order valence-corrected chi connectivity index (χ1v) is 2.54. The van der Waals surface area contributed by atoms with Crippen LogP contribution < -0.4 is 5.56 Å². The molecule has 0 spiro atoms. The Morgan fingerprint density at radius 1 is 1.70 bits per heavy atom. The second-order valence-electron chi connectivity index (χ2n) is 1.66. The van der Waals surface area contributed by atoms with Crippen LogP contribution in [0.25, 0.3) is 0 Å². The Kier molecular flexibility index (Phi) is 1.66. The molecule has 1 rings (SSSR count). The van der Waals surface area contributed by atoms with Crippen molar-refractivity contribution < 1.29 is 4.79 Å². The number of aromatic amines is 1. The number of nitrogens with zero attached hydrogens (tertiary/aromatic N) is 1. The summed E-state index contributed by atoms with van der Waals surface area (Å²) in [5.74, 6) is 0. The van der Waals surface area contributed by atoms with Crippen LogP contribution in [0.1, 0.15) is 10.5 Å². The van der Waals surface area contributed by atoms with Gasteiger partial charge in [-0.25, -0.2) is 4.98 Å². The summed E-state index contributed by atoms with van der Waals surface area (Å²) in [5.41, 5.74) is -0.958. The van der Waals surface area contributed by atoms with Crippen LogP contribution >= 0.6 is 0 Å². The van der Waals surface area contributed by atoms with Crippen molar-refractivity contribution in [3.63, 3.8) is 0 Å². The maximum atomic E-state index is 10.4. The lowest BCUT2D eigenvalue weighted by molar-refractivity contribution is 0.107. The first-order valence-electron chi connectivity index (χ1n) is 2.54. The van der Waals surface area contributed by atoms with Crippen LogP contribution in [-0.4, -0.2) is 23.5 Å². The fraction of sp³-hybridized carbons (Fsp3) is 0. The smallest absolute Gasteiger partial charge is 0.266 e. The zero-order valence-electron chi connectivity index (χ0n) is 5.00. The maximum absolute atomic E-state index is 10.4. The van der Waals surface area contributed by atoms with E-state index in [9.17, 15) is 9.59 Å². The minimum atomic E-state index is -0.656. The molecule has 0 aliphatic rings. The number of H-pyrrole nitrogens is 1. The lowest BCUT2D eigenvalue weighted by Gasteiger charge is -1.89. The number of carbonyl (C=O) groups is 1. The summed E-state index contributed by atoms with van der Waals surface area (Å²) in [5, 5.41) is 0. The van der Waals surface area contributed by atoms with Gasteiger partial charge in [-0.05, 0) is 0 Å². The van der Waals surface area contributed by atoms with Crippen LogP contribution in [0.5, 0.6) is 0 Å². The zero-order valence-corrected chi connectivity index (χ0v) is 5.00. The van der Waals surface area contributed by atoms with Crippen molar-refractivity contribution in [3.8, 4) is 0 Å². The van der Waals surface area contributed by atoms with Crippen LogP contribution in [0.4, 0.5) is 0 Å². The van der Waals surface area contributed by atoms with Gasteiger partial charge >= 0.3 is 0 Å². The fourth-order valence-corrected chi connectivity index (χ4v) is 0.477. The number of nitrogens with one attached hydrogen (secondary N) is 1. The molecule has 0 aliphatic heterocycles. The molecule has 1 heterocycles. The number of hydrogen-bond acceptors (Lipinski definition) is 3. The Labute approximate surface area is 57.7 Å². The molecule has 48 valence electrons. The first kappa shape index (κ1) is 6.73. The van der Waals surface area contributed by atoms with E-state index in [-0.39, 0.29) is 11.3 Å². The predicted molar refractivity (Wildman–Crippen MR) is 34.9 cm³/mol. The van der Waals surface area contributed by atoms with Gasteiger partial charge in [-0.3, -0.25) is 4.79 Å². The Morgan fingerprint density at radius 3 is 2.80 bits per heavy atom. The molecule has 0 aromatic carbocycles. The Morgan fingerprint density at radius 2 is 2.40 bits per heavy atom. The third kappa shape index (κ3) is 1.31. The van der Waals surface area contributed by atoms with Crippen LogP contribution in [-0.2, 0) is 0 Å². The summed E-state index contributed by atoms with van der Waals surface area (Å²) >= 11 is 0. The van der Waals surface area contributed by atoms with E-state index in [2.05, 4.69) is 9.97 Å². The summed E-state index contributed by atoms with van der Waals surface area (Å²) in [6, 6.07) is 0. The summed E-state index contributed by atoms with van der Waals surface area (Å²) in [6.45, 7) is 0. The lowest BCUT2D eigenvalue weighted by atomic mass is 10.0. The lowest BCUT2D eigenvalue weighted by Crippen LogP contribution is -2.09. The average molecular weight is 134 g/mol. The van der Waals surface area contributed by atoms with Gasteiger partial charge < -0.3 is 9.78 Å². The number of rotatable bonds is 1. The monoisotopic (exact) mass is 134 g/mol. The van der Waals surface area contributed by atoms with Crippen LogP contribution in [0.3, 0.4) is 0 Å². The van der Waals surface area contributed by atoms with E-state index in [1.165, 1.54) is 6.20 Å². The molecular formula is C5H3BN2O2. The van der Waals surface area contributed by atoms with Gasteiger partial charge in [0.15, 0.2) is 7.85 Å². The highest BCUT2D eigenvalue weighted by Gasteiger charge is 1.96. The summed E-state index contributed by atoms with van der Waals surface area (Å²) < 4.78 is 0. The molecule has 0 amide bonds. The third-order valence-corrected chi connectivity index (χ3v) is 0.924. The number of carbonyl (C=O) groups excluding carboxylic acids is 1. The van der Waals surface area contributed by atoms with E-state index in [4.69, 9.17) is 7.85 Å². The van der Waals surface area contributed by atoms with Gasteiger partial charge in [0.1, 0.15) is 11.4 Å². The molecule has 0 fully saturated rings. The Balaban J connectivity index is 3.12. The number of hydrogen-bond donors (Lipinski definition) is 1. The van der Waals surface area contributed by atoms with Crippen LogP contribution in [0.15, 0.2) is 17.2 Å². The molecule has 1 aromatic heterocycles. The third-order valence-electron chi connectivity index (χ3n) is 0.924. The molecule has 5 heteroatoms. The predicted octanol–water partition coefficient (Wildman–Crippen LogP) is -0.921. The van der Waals surface area contributed by atoms with Crippen molar-refractivity contribution in [2.75, 3.05) is 0 Å². The van der Waals surface area contributed by atoms with E-state index >= 15 is 0 Å². The highest BCUT2D eigenvalue weighted by molar-refractivity contribution is 6.62. The maximum Gasteiger partial charge on any atom is 0.266 e. The zero-order chi connectivity index (χ0) is 7.56. The van der Waals surface area contributed by atoms with Gasteiger partial charge in [-0.15, -0.1) is 0 Å². The van der Waals surface area contributed by atoms with E-state index in [1.807, 2.05) is 0 Å². The van der Waals surface area contributed by atoms with Crippen LogP contribution in [0, 0.1) is 0 Å². The molecule has 2 radical (unpaired) electrons. The molecule has 0 saturated heterocycles. The minimum Gasteiger partial charge on any atom is -0.326 e.